The minimum absolute atomic E-state index is 0.165. The molecule has 0 saturated carbocycles. The van der Waals surface area contributed by atoms with E-state index in [1.165, 1.54) is 0 Å². The predicted octanol–water partition coefficient (Wildman–Crippen LogP) is 1.65. The van der Waals surface area contributed by atoms with Crippen molar-refractivity contribution in [3.05, 3.63) is 33.9 Å². The Morgan fingerprint density at radius 1 is 1.42 bits per heavy atom. The first-order valence-electron chi connectivity index (χ1n) is 6.46. The quantitative estimate of drug-likeness (QED) is 0.647. The molecular formula is C13H19N3O3. The topological polar surface area (TPSA) is 67.6 Å². The highest BCUT2D eigenvalue weighted by molar-refractivity contribution is 5.53. The minimum atomic E-state index is -0.354. The van der Waals surface area contributed by atoms with Gasteiger partial charge in [-0.05, 0) is 19.1 Å². The van der Waals surface area contributed by atoms with Crippen LogP contribution in [0, 0.1) is 17.0 Å². The van der Waals surface area contributed by atoms with Crippen LogP contribution in [0.3, 0.4) is 0 Å². The van der Waals surface area contributed by atoms with Crippen LogP contribution < -0.4 is 5.32 Å². The van der Waals surface area contributed by atoms with E-state index in [1.807, 2.05) is 6.07 Å². The number of ether oxygens (including phenoxy) is 1. The van der Waals surface area contributed by atoms with Gasteiger partial charge in [0, 0.05) is 43.5 Å². The molecule has 0 spiro atoms. The second-order valence-electron chi connectivity index (χ2n) is 4.64. The molecule has 1 N–H and O–H groups in total. The average molecular weight is 265 g/mol. The van der Waals surface area contributed by atoms with Crippen LogP contribution in [0.2, 0.25) is 0 Å². The number of hydrogen-bond donors (Lipinski definition) is 1. The van der Waals surface area contributed by atoms with Gasteiger partial charge in [-0.25, -0.2) is 0 Å². The molecule has 1 aliphatic rings. The lowest BCUT2D eigenvalue weighted by Gasteiger charge is -2.26. The summed E-state index contributed by atoms with van der Waals surface area (Å²) in [5.74, 6) is 0. The van der Waals surface area contributed by atoms with Crippen molar-refractivity contribution < 1.29 is 9.66 Å². The van der Waals surface area contributed by atoms with Crippen LogP contribution in [0.5, 0.6) is 0 Å². The molecule has 2 rings (SSSR count). The van der Waals surface area contributed by atoms with Crippen molar-refractivity contribution in [1.82, 2.24) is 4.90 Å². The molecule has 1 aromatic rings. The molecular weight excluding hydrogens is 246 g/mol. The number of nitro groups is 1. The van der Waals surface area contributed by atoms with Crippen molar-refractivity contribution in [3.8, 4) is 0 Å². The van der Waals surface area contributed by atoms with Crippen molar-refractivity contribution in [2.45, 2.75) is 6.92 Å². The zero-order valence-electron chi connectivity index (χ0n) is 11.1. The van der Waals surface area contributed by atoms with Gasteiger partial charge in [0.2, 0.25) is 0 Å². The smallest absolute Gasteiger partial charge is 0.272 e. The second-order valence-corrected chi connectivity index (χ2v) is 4.64. The summed E-state index contributed by atoms with van der Waals surface area (Å²) < 4.78 is 5.29. The molecule has 0 unspecified atom stereocenters. The molecule has 1 aliphatic heterocycles. The molecule has 0 amide bonds. The maximum Gasteiger partial charge on any atom is 0.272 e. The number of aryl methyl sites for hydroxylation is 1. The molecule has 1 saturated heterocycles. The van der Waals surface area contributed by atoms with Gasteiger partial charge < -0.3 is 10.1 Å². The largest absolute Gasteiger partial charge is 0.384 e. The highest BCUT2D eigenvalue weighted by atomic mass is 16.6. The summed E-state index contributed by atoms with van der Waals surface area (Å²) in [5, 5.41) is 14.0. The maximum atomic E-state index is 10.7. The molecule has 1 fully saturated rings. The number of nitro benzene ring substituents is 1. The summed E-state index contributed by atoms with van der Waals surface area (Å²) in [4.78, 5) is 12.7. The Bertz CT molecular complexity index is 445. The first-order valence-corrected chi connectivity index (χ1v) is 6.46. The van der Waals surface area contributed by atoms with E-state index in [-0.39, 0.29) is 10.6 Å². The highest BCUT2D eigenvalue weighted by Crippen LogP contribution is 2.21. The van der Waals surface area contributed by atoms with Crippen molar-refractivity contribution in [3.63, 3.8) is 0 Å². The number of hydrogen-bond acceptors (Lipinski definition) is 5. The standard InChI is InChI=1S/C13H19N3O3/c1-11-10-12(2-3-13(11)16(17)18)14-4-5-15-6-8-19-9-7-15/h2-3,10,14H,4-9H2,1H3. The fraction of sp³-hybridized carbons (Fsp3) is 0.538. The fourth-order valence-electron chi connectivity index (χ4n) is 2.15. The third kappa shape index (κ3) is 3.90. The van der Waals surface area contributed by atoms with E-state index in [2.05, 4.69) is 10.2 Å². The van der Waals surface area contributed by atoms with Crippen molar-refractivity contribution in [2.24, 2.45) is 0 Å². The fourth-order valence-corrected chi connectivity index (χ4v) is 2.15. The molecule has 0 aromatic heterocycles. The molecule has 0 bridgehead atoms. The van der Waals surface area contributed by atoms with Crippen LogP contribution in [0.15, 0.2) is 18.2 Å². The van der Waals surface area contributed by atoms with Gasteiger partial charge in [0.15, 0.2) is 0 Å². The van der Waals surface area contributed by atoms with Crippen LogP contribution in [0.25, 0.3) is 0 Å². The molecule has 0 atom stereocenters. The summed E-state index contributed by atoms with van der Waals surface area (Å²) in [7, 11) is 0. The van der Waals surface area contributed by atoms with Crippen LogP contribution in [-0.4, -0.2) is 49.2 Å². The van der Waals surface area contributed by atoms with Gasteiger partial charge in [-0.15, -0.1) is 0 Å². The normalized spacial score (nSPS) is 16.3. The van der Waals surface area contributed by atoms with Gasteiger partial charge in [-0.3, -0.25) is 15.0 Å². The summed E-state index contributed by atoms with van der Waals surface area (Å²) in [5.41, 5.74) is 1.77. The van der Waals surface area contributed by atoms with Crippen LogP contribution in [0.4, 0.5) is 11.4 Å². The summed E-state index contributed by atoms with van der Waals surface area (Å²) >= 11 is 0. The predicted molar refractivity (Wildman–Crippen MR) is 73.6 cm³/mol. The molecule has 0 radical (unpaired) electrons. The van der Waals surface area contributed by atoms with Gasteiger partial charge in [-0.1, -0.05) is 0 Å². The number of nitrogens with one attached hydrogen (secondary N) is 1. The van der Waals surface area contributed by atoms with E-state index in [1.54, 1.807) is 19.1 Å². The maximum absolute atomic E-state index is 10.7. The number of nitrogens with zero attached hydrogens (tertiary/aromatic N) is 2. The van der Waals surface area contributed by atoms with Gasteiger partial charge in [0.25, 0.3) is 5.69 Å². The monoisotopic (exact) mass is 265 g/mol. The summed E-state index contributed by atoms with van der Waals surface area (Å²) in [6.07, 6.45) is 0. The molecule has 1 heterocycles. The van der Waals surface area contributed by atoms with E-state index in [0.29, 0.717) is 5.56 Å². The van der Waals surface area contributed by atoms with Crippen molar-refractivity contribution >= 4 is 11.4 Å². The van der Waals surface area contributed by atoms with Gasteiger partial charge in [0.1, 0.15) is 0 Å². The summed E-state index contributed by atoms with van der Waals surface area (Å²) in [6.45, 7) is 7.09. The number of benzene rings is 1. The zero-order chi connectivity index (χ0) is 13.7. The Morgan fingerprint density at radius 2 is 2.16 bits per heavy atom. The summed E-state index contributed by atoms with van der Waals surface area (Å²) in [6, 6.07) is 5.12. The Kier molecular flexibility index (Phi) is 4.70. The van der Waals surface area contributed by atoms with Gasteiger partial charge >= 0.3 is 0 Å². The average Bonchev–Trinajstić information content (AvgIpc) is 2.39. The van der Waals surface area contributed by atoms with E-state index >= 15 is 0 Å². The van der Waals surface area contributed by atoms with Crippen LogP contribution in [-0.2, 0) is 4.74 Å². The first kappa shape index (κ1) is 13.8. The van der Waals surface area contributed by atoms with E-state index in [4.69, 9.17) is 4.74 Å². The number of rotatable bonds is 5. The van der Waals surface area contributed by atoms with E-state index in [0.717, 1.165) is 45.1 Å². The Morgan fingerprint density at radius 3 is 2.79 bits per heavy atom. The van der Waals surface area contributed by atoms with E-state index in [9.17, 15) is 10.1 Å². The van der Waals surface area contributed by atoms with Crippen LogP contribution in [0.1, 0.15) is 5.56 Å². The lowest BCUT2D eigenvalue weighted by Crippen LogP contribution is -2.39. The lowest BCUT2D eigenvalue weighted by molar-refractivity contribution is -0.385. The highest BCUT2D eigenvalue weighted by Gasteiger charge is 2.11. The number of morpholine rings is 1. The Hall–Kier alpha value is -1.66. The molecule has 104 valence electrons. The molecule has 1 aromatic carbocycles. The Balaban J connectivity index is 1.82. The number of anilines is 1. The molecule has 6 heteroatoms. The van der Waals surface area contributed by atoms with E-state index < -0.39 is 0 Å². The van der Waals surface area contributed by atoms with Crippen molar-refractivity contribution in [2.75, 3.05) is 44.7 Å². The lowest BCUT2D eigenvalue weighted by atomic mass is 10.2. The third-order valence-corrected chi connectivity index (χ3v) is 3.25. The van der Waals surface area contributed by atoms with Gasteiger partial charge in [-0.2, -0.15) is 0 Å². The SMILES string of the molecule is Cc1cc(NCCN2CCOCC2)ccc1[N+](=O)[O-]. The Labute approximate surface area is 112 Å². The van der Waals surface area contributed by atoms with Crippen molar-refractivity contribution in [1.29, 1.82) is 0 Å². The minimum Gasteiger partial charge on any atom is -0.384 e. The first-order chi connectivity index (χ1) is 9.16. The molecule has 19 heavy (non-hydrogen) atoms. The zero-order valence-corrected chi connectivity index (χ0v) is 11.1. The third-order valence-electron chi connectivity index (χ3n) is 3.25. The van der Waals surface area contributed by atoms with Gasteiger partial charge in [0.05, 0.1) is 18.1 Å². The molecule has 0 aliphatic carbocycles. The van der Waals surface area contributed by atoms with Crippen LogP contribution >= 0.6 is 0 Å². The molecule has 6 nitrogen and oxygen atoms in total. The second kappa shape index (κ2) is 6.49.